The molecule has 4 rings (SSSR count). The number of rotatable bonds is 2. The Morgan fingerprint density at radius 3 is 2.64 bits per heavy atom. The second-order valence-corrected chi connectivity index (χ2v) is 6.33. The van der Waals surface area contributed by atoms with Gasteiger partial charge in [0.05, 0.1) is 16.6 Å². The van der Waals surface area contributed by atoms with Gasteiger partial charge in [-0.1, -0.05) is 12.1 Å². The first-order chi connectivity index (χ1) is 12.1. The minimum absolute atomic E-state index is 0.206. The molecule has 2 heterocycles. The smallest absolute Gasteiger partial charge is 0.256 e. The van der Waals surface area contributed by atoms with Gasteiger partial charge in [0.2, 0.25) is 0 Å². The maximum atomic E-state index is 13.8. The zero-order valence-corrected chi connectivity index (χ0v) is 13.5. The van der Waals surface area contributed by atoms with Gasteiger partial charge in [0.15, 0.2) is 0 Å². The van der Waals surface area contributed by atoms with Crippen molar-refractivity contribution in [2.45, 2.75) is 18.8 Å². The summed E-state index contributed by atoms with van der Waals surface area (Å²) < 4.78 is 27.1. The Kier molecular flexibility index (Phi) is 3.95. The van der Waals surface area contributed by atoms with Gasteiger partial charge in [-0.3, -0.25) is 4.79 Å². The van der Waals surface area contributed by atoms with Gasteiger partial charge < -0.3 is 9.88 Å². The molecule has 1 fully saturated rings. The molecule has 128 valence electrons. The number of halogens is 2. The molecule has 0 spiro atoms. The Bertz CT molecular complexity index is 896. The lowest BCUT2D eigenvalue weighted by Gasteiger charge is -2.31. The fourth-order valence-corrected chi connectivity index (χ4v) is 3.35. The van der Waals surface area contributed by atoms with Crippen LogP contribution in [0.5, 0.6) is 0 Å². The summed E-state index contributed by atoms with van der Waals surface area (Å²) in [6, 6.07) is 10.8. The van der Waals surface area contributed by atoms with Gasteiger partial charge in [0.25, 0.3) is 5.91 Å². The molecular formula is C19H17F2N3O. The molecule has 6 heteroatoms. The summed E-state index contributed by atoms with van der Waals surface area (Å²) >= 11 is 0. The second kappa shape index (κ2) is 6.27. The average Bonchev–Trinajstić information content (AvgIpc) is 3.07. The van der Waals surface area contributed by atoms with Crippen LogP contribution in [0.25, 0.3) is 11.0 Å². The number of hydrogen-bond acceptors (Lipinski definition) is 2. The van der Waals surface area contributed by atoms with E-state index in [4.69, 9.17) is 0 Å². The number of aromatic nitrogens is 2. The number of aromatic amines is 1. The van der Waals surface area contributed by atoms with Crippen LogP contribution in [-0.4, -0.2) is 33.9 Å². The van der Waals surface area contributed by atoms with Crippen molar-refractivity contribution in [2.75, 3.05) is 13.1 Å². The Morgan fingerprint density at radius 2 is 1.88 bits per heavy atom. The molecule has 1 aliphatic heterocycles. The molecule has 4 nitrogen and oxygen atoms in total. The molecular weight excluding hydrogens is 324 g/mol. The van der Waals surface area contributed by atoms with E-state index in [9.17, 15) is 13.6 Å². The fraction of sp³-hybridized carbons (Fsp3) is 0.263. The lowest BCUT2D eigenvalue weighted by atomic mass is 9.95. The number of para-hydroxylation sites is 2. The predicted molar refractivity (Wildman–Crippen MR) is 90.3 cm³/mol. The Balaban J connectivity index is 1.47. The lowest BCUT2D eigenvalue weighted by molar-refractivity contribution is 0.0706. The van der Waals surface area contributed by atoms with Gasteiger partial charge >= 0.3 is 0 Å². The van der Waals surface area contributed by atoms with Crippen LogP contribution in [0.1, 0.15) is 34.9 Å². The first-order valence-corrected chi connectivity index (χ1v) is 8.31. The quantitative estimate of drug-likeness (QED) is 0.769. The van der Waals surface area contributed by atoms with Crippen LogP contribution < -0.4 is 0 Å². The fourth-order valence-electron chi connectivity index (χ4n) is 3.35. The maximum Gasteiger partial charge on any atom is 0.256 e. The van der Waals surface area contributed by atoms with Crippen LogP contribution >= 0.6 is 0 Å². The molecule has 0 saturated carbocycles. The highest BCUT2D eigenvalue weighted by Crippen LogP contribution is 2.28. The van der Waals surface area contributed by atoms with Crippen LogP contribution in [0.3, 0.4) is 0 Å². The number of likely N-dealkylation sites (tertiary alicyclic amines) is 1. The number of fused-ring (bicyclic) bond motifs is 1. The molecule has 1 saturated heterocycles. The molecule has 1 N–H and O–H groups in total. The summed E-state index contributed by atoms with van der Waals surface area (Å²) in [5.41, 5.74) is 1.72. The van der Waals surface area contributed by atoms with Crippen molar-refractivity contribution in [1.82, 2.24) is 14.9 Å². The van der Waals surface area contributed by atoms with E-state index in [0.717, 1.165) is 47.9 Å². The molecule has 1 aliphatic rings. The summed E-state index contributed by atoms with van der Waals surface area (Å²) in [5, 5.41) is 0. The first-order valence-electron chi connectivity index (χ1n) is 8.31. The number of carbonyl (C=O) groups is 1. The number of nitrogens with one attached hydrogen (secondary N) is 1. The van der Waals surface area contributed by atoms with Crippen LogP contribution in [0.15, 0.2) is 42.5 Å². The van der Waals surface area contributed by atoms with Crippen LogP contribution in [0, 0.1) is 11.6 Å². The van der Waals surface area contributed by atoms with E-state index in [1.165, 1.54) is 0 Å². The third-order valence-electron chi connectivity index (χ3n) is 4.74. The third-order valence-corrected chi connectivity index (χ3v) is 4.74. The monoisotopic (exact) mass is 341 g/mol. The Labute approximate surface area is 143 Å². The Morgan fingerprint density at radius 1 is 1.12 bits per heavy atom. The maximum absolute atomic E-state index is 13.8. The molecule has 25 heavy (non-hydrogen) atoms. The molecule has 0 radical (unpaired) electrons. The van der Waals surface area contributed by atoms with E-state index < -0.39 is 17.5 Å². The highest BCUT2D eigenvalue weighted by Gasteiger charge is 2.27. The first kappa shape index (κ1) is 15.7. The van der Waals surface area contributed by atoms with E-state index in [2.05, 4.69) is 9.97 Å². The number of H-pyrrole nitrogens is 1. The van der Waals surface area contributed by atoms with Gasteiger partial charge in [0.1, 0.15) is 17.5 Å². The summed E-state index contributed by atoms with van der Waals surface area (Å²) in [6.45, 7) is 0.993. The minimum atomic E-state index is -0.689. The number of amides is 1. The van der Waals surface area contributed by atoms with E-state index in [0.29, 0.717) is 13.1 Å². The standard InChI is InChI=1S/C19H17F2N3O/c20-13-5-6-15(21)14(11-13)19(25)24-9-7-12(8-10-24)18-22-16-3-1-2-4-17(16)23-18/h1-6,11-12H,7-10H2,(H,22,23). The zero-order chi connectivity index (χ0) is 17.4. The van der Waals surface area contributed by atoms with E-state index in [1.54, 1.807) is 4.90 Å². The van der Waals surface area contributed by atoms with Gasteiger partial charge in [-0.05, 0) is 43.2 Å². The number of carbonyl (C=O) groups excluding carboxylic acids is 1. The van der Waals surface area contributed by atoms with Crippen molar-refractivity contribution in [1.29, 1.82) is 0 Å². The third kappa shape index (κ3) is 2.99. The summed E-state index contributed by atoms with van der Waals surface area (Å²) in [5.74, 6) is -0.605. The lowest BCUT2D eigenvalue weighted by Crippen LogP contribution is -2.38. The largest absolute Gasteiger partial charge is 0.342 e. The van der Waals surface area contributed by atoms with Gasteiger partial charge in [-0.25, -0.2) is 13.8 Å². The van der Waals surface area contributed by atoms with E-state index >= 15 is 0 Å². The van der Waals surface area contributed by atoms with Gasteiger partial charge in [0, 0.05) is 19.0 Å². The molecule has 0 atom stereocenters. The summed E-state index contributed by atoms with van der Waals surface area (Å²) in [7, 11) is 0. The normalized spacial score (nSPS) is 15.7. The topological polar surface area (TPSA) is 49.0 Å². The molecule has 2 aromatic carbocycles. The number of nitrogens with zero attached hydrogens (tertiary/aromatic N) is 2. The molecule has 3 aromatic rings. The summed E-state index contributed by atoms with van der Waals surface area (Å²) in [4.78, 5) is 22.0. The van der Waals surface area contributed by atoms with Crippen molar-refractivity contribution in [3.8, 4) is 0 Å². The summed E-state index contributed by atoms with van der Waals surface area (Å²) in [6.07, 6.45) is 1.48. The van der Waals surface area contributed by atoms with Crippen molar-refractivity contribution < 1.29 is 13.6 Å². The van der Waals surface area contributed by atoms with Crippen LogP contribution in [0.4, 0.5) is 8.78 Å². The highest BCUT2D eigenvalue weighted by molar-refractivity contribution is 5.94. The molecule has 1 amide bonds. The molecule has 0 aliphatic carbocycles. The molecule has 0 unspecified atom stereocenters. The van der Waals surface area contributed by atoms with E-state index in [1.807, 2.05) is 24.3 Å². The highest BCUT2D eigenvalue weighted by atomic mass is 19.1. The van der Waals surface area contributed by atoms with Crippen LogP contribution in [0.2, 0.25) is 0 Å². The predicted octanol–water partition coefficient (Wildman–Crippen LogP) is 3.86. The minimum Gasteiger partial charge on any atom is -0.342 e. The molecule has 0 bridgehead atoms. The number of imidazole rings is 1. The van der Waals surface area contributed by atoms with E-state index in [-0.39, 0.29) is 11.5 Å². The molecule has 1 aromatic heterocycles. The number of piperidine rings is 1. The van der Waals surface area contributed by atoms with Crippen molar-refractivity contribution in [2.24, 2.45) is 0 Å². The SMILES string of the molecule is O=C(c1cc(F)ccc1F)N1CCC(c2nc3ccccc3[nH]2)CC1. The van der Waals surface area contributed by atoms with Crippen molar-refractivity contribution in [3.05, 3.63) is 65.5 Å². The van der Waals surface area contributed by atoms with Crippen LogP contribution in [-0.2, 0) is 0 Å². The van der Waals surface area contributed by atoms with Gasteiger partial charge in [-0.15, -0.1) is 0 Å². The Hall–Kier alpha value is -2.76. The van der Waals surface area contributed by atoms with Gasteiger partial charge in [-0.2, -0.15) is 0 Å². The van der Waals surface area contributed by atoms with Crippen molar-refractivity contribution >= 4 is 16.9 Å². The second-order valence-electron chi connectivity index (χ2n) is 6.33. The average molecular weight is 341 g/mol. The van der Waals surface area contributed by atoms with Crippen molar-refractivity contribution in [3.63, 3.8) is 0 Å². The number of benzene rings is 2. The number of hydrogen-bond donors (Lipinski definition) is 1. The zero-order valence-electron chi connectivity index (χ0n) is 13.5.